The van der Waals surface area contributed by atoms with E-state index in [9.17, 15) is 5.26 Å². The van der Waals surface area contributed by atoms with Crippen LogP contribution in [0.25, 0.3) is 11.6 Å². The molecule has 0 heterocycles. The Morgan fingerprint density at radius 3 is 2.04 bits per heavy atom. The van der Waals surface area contributed by atoms with Gasteiger partial charge in [0.2, 0.25) is 0 Å². The molecule has 0 aromatic heterocycles. The summed E-state index contributed by atoms with van der Waals surface area (Å²) in [5.74, 6) is 1.78. The van der Waals surface area contributed by atoms with Crippen LogP contribution in [0.15, 0.2) is 36.4 Å². The fourth-order valence-electron chi connectivity index (χ4n) is 2.42. The van der Waals surface area contributed by atoms with Crippen LogP contribution in [0.5, 0.6) is 17.2 Å². The highest BCUT2D eigenvalue weighted by Gasteiger charge is 2.12. The maximum atomic E-state index is 9.54. The van der Waals surface area contributed by atoms with Crippen LogP contribution >= 0.6 is 0 Å². The molecule has 0 aliphatic carbocycles. The molecule has 0 N–H and O–H groups in total. The summed E-state index contributed by atoms with van der Waals surface area (Å²) in [6, 6.07) is 13.8. The smallest absolute Gasteiger partial charge is 0.164 e. The van der Waals surface area contributed by atoms with Crippen molar-refractivity contribution in [3.8, 4) is 23.3 Å². The number of benzene rings is 2. The molecule has 24 heavy (non-hydrogen) atoms. The molecular formula is C20H21NO3. The van der Waals surface area contributed by atoms with Crippen LogP contribution in [-0.2, 0) is 6.42 Å². The van der Waals surface area contributed by atoms with Crippen molar-refractivity contribution in [3.05, 3.63) is 53.1 Å². The minimum Gasteiger partial charge on any atom is -0.496 e. The van der Waals surface area contributed by atoms with Crippen molar-refractivity contribution < 1.29 is 14.2 Å². The van der Waals surface area contributed by atoms with Crippen molar-refractivity contribution in [2.24, 2.45) is 0 Å². The summed E-state index contributed by atoms with van der Waals surface area (Å²) in [4.78, 5) is 0. The average Bonchev–Trinajstić information content (AvgIpc) is 2.65. The predicted octanol–water partition coefficient (Wildman–Crippen LogP) is 4.34. The summed E-state index contributed by atoms with van der Waals surface area (Å²) in [7, 11) is 4.73. The third kappa shape index (κ3) is 3.69. The summed E-state index contributed by atoms with van der Waals surface area (Å²) >= 11 is 0. The number of nitrogens with zero attached hydrogens (tertiary/aromatic N) is 1. The highest BCUT2D eigenvalue weighted by atomic mass is 16.5. The first-order chi connectivity index (χ1) is 11.7. The van der Waals surface area contributed by atoms with Gasteiger partial charge < -0.3 is 14.2 Å². The molecule has 0 aliphatic rings. The molecule has 124 valence electrons. The summed E-state index contributed by atoms with van der Waals surface area (Å²) in [6.45, 7) is 2.10. The number of ether oxygens (including phenoxy) is 3. The zero-order valence-corrected chi connectivity index (χ0v) is 14.4. The summed E-state index contributed by atoms with van der Waals surface area (Å²) in [5, 5.41) is 9.54. The van der Waals surface area contributed by atoms with Crippen LogP contribution in [0.4, 0.5) is 0 Å². The Labute approximate surface area is 142 Å². The van der Waals surface area contributed by atoms with Gasteiger partial charge in [-0.2, -0.15) is 5.26 Å². The fourth-order valence-corrected chi connectivity index (χ4v) is 2.42. The van der Waals surface area contributed by atoms with Gasteiger partial charge in [-0.05, 0) is 29.7 Å². The van der Waals surface area contributed by atoms with Gasteiger partial charge in [-0.3, -0.25) is 0 Å². The van der Waals surface area contributed by atoms with Crippen LogP contribution in [0.1, 0.15) is 23.6 Å². The molecule has 2 rings (SSSR count). The number of methoxy groups -OCH3 is 3. The molecule has 0 fully saturated rings. The molecule has 4 nitrogen and oxygen atoms in total. The number of hydrogen-bond acceptors (Lipinski definition) is 4. The molecule has 0 amide bonds. The van der Waals surface area contributed by atoms with E-state index in [2.05, 4.69) is 13.0 Å². The van der Waals surface area contributed by atoms with Crippen molar-refractivity contribution in [2.45, 2.75) is 13.3 Å². The maximum absolute atomic E-state index is 9.54. The van der Waals surface area contributed by atoms with E-state index in [0.717, 1.165) is 17.5 Å². The lowest BCUT2D eigenvalue weighted by atomic mass is 10.0. The second-order valence-electron chi connectivity index (χ2n) is 5.17. The monoisotopic (exact) mass is 323 g/mol. The molecule has 0 saturated heterocycles. The minimum absolute atomic E-state index is 0.558. The normalized spacial score (nSPS) is 10.9. The Morgan fingerprint density at radius 1 is 0.958 bits per heavy atom. The Kier molecular flexibility index (Phi) is 5.86. The van der Waals surface area contributed by atoms with Gasteiger partial charge in [0, 0.05) is 11.6 Å². The van der Waals surface area contributed by atoms with E-state index in [1.807, 2.05) is 24.3 Å². The van der Waals surface area contributed by atoms with Gasteiger partial charge in [-0.1, -0.05) is 31.2 Å². The van der Waals surface area contributed by atoms with E-state index in [0.29, 0.717) is 22.8 Å². The van der Waals surface area contributed by atoms with Crippen LogP contribution in [-0.4, -0.2) is 21.3 Å². The molecular weight excluding hydrogens is 302 g/mol. The molecule has 0 saturated carbocycles. The van der Waals surface area contributed by atoms with E-state index in [4.69, 9.17) is 14.2 Å². The molecule has 0 atom stereocenters. The van der Waals surface area contributed by atoms with E-state index in [1.165, 1.54) is 5.56 Å². The highest BCUT2D eigenvalue weighted by Crippen LogP contribution is 2.36. The zero-order valence-electron chi connectivity index (χ0n) is 14.4. The second-order valence-corrected chi connectivity index (χ2v) is 5.17. The minimum atomic E-state index is 0.558. The van der Waals surface area contributed by atoms with Crippen molar-refractivity contribution in [1.82, 2.24) is 0 Å². The Balaban J connectivity index is 2.51. The Morgan fingerprint density at radius 2 is 1.54 bits per heavy atom. The highest BCUT2D eigenvalue weighted by molar-refractivity contribution is 5.91. The predicted molar refractivity (Wildman–Crippen MR) is 95.4 cm³/mol. The van der Waals surface area contributed by atoms with Crippen molar-refractivity contribution >= 4 is 11.6 Å². The number of hydrogen-bond donors (Lipinski definition) is 0. The largest absolute Gasteiger partial charge is 0.496 e. The molecule has 0 radical (unpaired) electrons. The first-order valence-corrected chi connectivity index (χ1v) is 7.67. The first-order valence-electron chi connectivity index (χ1n) is 7.67. The van der Waals surface area contributed by atoms with E-state index in [1.54, 1.807) is 39.5 Å². The third-order valence-corrected chi connectivity index (χ3v) is 3.83. The standard InChI is InChI=1S/C20H21NO3/c1-5-14-6-8-15(9-7-14)17(13-21)10-16-11-19(23-3)20(24-4)12-18(16)22-2/h6-12H,5H2,1-4H3. The van der Waals surface area contributed by atoms with E-state index >= 15 is 0 Å². The Bertz CT molecular complexity index is 771. The lowest BCUT2D eigenvalue weighted by Crippen LogP contribution is -1.95. The first kappa shape index (κ1) is 17.4. The van der Waals surface area contributed by atoms with Gasteiger partial charge >= 0.3 is 0 Å². The summed E-state index contributed by atoms with van der Waals surface area (Å²) in [5.41, 5.74) is 3.42. The van der Waals surface area contributed by atoms with Crippen LogP contribution in [0.2, 0.25) is 0 Å². The van der Waals surface area contributed by atoms with Crippen LogP contribution < -0.4 is 14.2 Å². The SMILES string of the molecule is CCc1ccc(C(C#N)=Cc2cc(OC)c(OC)cc2OC)cc1. The quantitative estimate of drug-likeness (QED) is 0.586. The molecule has 0 bridgehead atoms. The molecule has 0 spiro atoms. The van der Waals surface area contributed by atoms with Crippen LogP contribution in [0.3, 0.4) is 0 Å². The molecule has 4 heteroatoms. The van der Waals surface area contributed by atoms with E-state index < -0.39 is 0 Å². The molecule has 2 aromatic rings. The van der Waals surface area contributed by atoms with Crippen molar-refractivity contribution in [3.63, 3.8) is 0 Å². The lowest BCUT2D eigenvalue weighted by Gasteiger charge is -2.12. The van der Waals surface area contributed by atoms with Gasteiger partial charge in [0.25, 0.3) is 0 Å². The lowest BCUT2D eigenvalue weighted by molar-refractivity contribution is 0.348. The summed E-state index contributed by atoms with van der Waals surface area (Å²) in [6.07, 6.45) is 2.76. The van der Waals surface area contributed by atoms with Gasteiger partial charge in [-0.15, -0.1) is 0 Å². The maximum Gasteiger partial charge on any atom is 0.164 e. The Hall–Kier alpha value is -2.93. The number of rotatable bonds is 6. The topological polar surface area (TPSA) is 51.5 Å². The van der Waals surface area contributed by atoms with Crippen molar-refractivity contribution in [2.75, 3.05) is 21.3 Å². The average molecular weight is 323 g/mol. The molecule has 2 aromatic carbocycles. The zero-order chi connectivity index (χ0) is 17.5. The molecule has 0 aliphatic heterocycles. The molecule has 0 unspecified atom stereocenters. The van der Waals surface area contributed by atoms with E-state index in [-0.39, 0.29) is 0 Å². The number of nitriles is 1. The van der Waals surface area contributed by atoms with Crippen LogP contribution in [0, 0.1) is 11.3 Å². The van der Waals surface area contributed by atoms with Gasteiger partial charge in [0.05, 0.1) is 33.0 Å². The van der Waals surface area contributed by atoms with Gasteiger partial charge in [-0.25, -0.2) is 0 Å². The fraction of sp³-hybridized carbons (Fsp3) is 0.250. The number of aryl methyl sites for hydroxylation is 1. The second kappa shape index (κ2) is 8.07. The van der Waals surface area contributed by atoms with Crippen molar-refractivity contribution in [1.29, 1.82) is 5.26 Å². The third-order valence-electron chi connectivity index (χ3n) is 3.83. The van der Waals surface area contributed by atoms with Gasteiger partial charge in [0.1, 0.15) is 5.75 Å². The number of allylic oxidation sites excluding steroid dienone is 1. The van der Waals surface area contributed by atoms with Gasteiger partial charge in [0.15, 0.2) is 11.5 Å². The summed E-state index contributed by atoms with van der Waals surface area (Å²) < 4.78 is 16.0.